The van der Waals surface area contributed by atoms with Crippen LogP contribution in [0.1, 0.15) is 36.7 Å². The van der Waals surface area contributed by atoms with Crippen molar-refractivity contribution in [2.75, 3.05) is 25.5 Å². The molecule has 9 nitrogen and oxygen atoms in total. The first-order chi connectivity index (χ1) is 20.2. The number of nitrogens with one attached hydrogen (secondary N) is 2. The number of methoxy groups -OCH3 is 1. The van der Waals surface area contributed by atoms with Crippen LogP contribution in [0.2, 0.25) is 0 Å². The Bertz CT molecular complexity index is 1450. The van der Waals surface area contributed by atoms with Gasteiger partial charge in [0.2, 0.25) is 0 Å². The van der Waals surface area contributed by atoms with Crippen LogP contribution in [0.4, 0.5) is 28.4 Å². The van der Waals surface area contributed by atoms with Gasteiger partial charge in [0.25, 0.3) is 0 Å². The molecule has 1 aliphatic rings. The van der Waals surface area contributed by atoms with Crippen molar-refractivity contribution in [3.05, 3.63) is 83.9 Å². The predicted octanol–water partition coefficient (Wildman–Crippen LogP) is 6.35. The van der Waals surface area contributed by atoms with Gasteiger partial charge in [0.15, 0.2) is 0 Å². The Labute approximate surface area is 246 Å². The summed E-state index contributed by atoms with van der Waals surface area (Å²) in [6.45, 7) is 5.16. The molecule has 1 heterocycles. The molecule has 0 spiro atoms. The number of urea groups is 1. The summed E-state index contributed by atoms with van der Waals surface area (Å²) >= 11 is 0. The third-order valence-electron chi connectivity index (χ3n) is 6.48. The number of halogens is 3. The second-order valence-electron chi connectivity index (χ2n) is 10.9. The third kappa shape index (κ3) is 8.40. The van der Waals surface area contributed by atoms with Crippen molar-refractivity contribution in [2.24, 2.45) is 0 Å². The van der Waals surface area contributed by atoms with Crippen LogP contribution in [0, 0.1) is 0 Å². The molecule has 4 rings (SSSR count). The SMILES string of the molecule is COc1ccc(NC(=O)N[C@H]2CN(C(=O)OC(C)(C)C)C[C@@H]2OC(=O)c2ccc(-c3cccc(C(F)(F)F)c3)cc2)cc1. The molecule has 0 bridgehead atoms. The van der Waals surface area contributed by atoms with Gasteiger partial charge < -0.3 is 29.7 Å². The molecule has 0 radical (unpaired) electrons. The summed E-state index contributed by atoms with van der Waals surface area (Å²) in [4.78, 5) is 40.0. The van der Waals surface area contributed by atoms with Gasteiger partial charge in [-0.15, -0.1) is 0 Å². The molecule has 0 aliphatic carbocycles. The molecule has 0 unspecified atom stereocenters. The van der Waals surface area contributed by atoms with Crippen molar-refractivity contribution in [3.8, 4) is 16.9 Å². The van der Waals surface area contributed by atoms with Crippen LogP contribution in [0.25, 0.3) is 11.1 Å². The zero-order chi connectivity index (χ0) is 31.4. The van der Waals surface area contributed by atoms with E-state index < -0.39 is 47.6 Å². The predicted molar refractivity (Wildman–Crippen MR) is 153 cm³/mol. The summed E-state index contributed by atoms with van der Waals surface area (Å²) in [7, 11) is 1.53. The van der Waals surface area contributed by atoms with Crippen LogP contribution in [0.15, 0.2) is 72.8 Å². The van der Waals surface area contributed by atoms with Gasteiger partial charge in [0, 0.05) is 12.2 Å². The Morgan fingerprint density at radius 2 is 1.56 bits per heavy atom. The standard InChI is InChI=1S/C31H32F3N3O6/c1-30(2,3)43-29(40)37-17-25(36-28(39)35-23-12-14-24(41-4)15-13-23)26(18-37)42-27(38)20-10-8-19(9-11-20)21-6-5-7-22(16-21)31(32,33)34/h5-16,25-26H,17-18H2,1-4H3,(H2,35,36,39)/t25-,26-/m0/s1. The summed E-state index contributed by atoms with van der Waals surface area (Å²) in [6, 6.07) is 16.1. The number of alkyl halides is 3. The van der Waals surface area contributed by atoms with E-state index in [9.17, 15) is 27.6 Å². The van der Waals surface area contributed by atoms with Crippen LogP contribution >= 0.6 is 0 Å². The fourth-order valence-electron chi connectivity index (χ4n) is 4.40. The number of ether oxygens (including phenoxy) is 3. The lowest BCUT2D eigenvalue weighted by atomic mass is 10.0. The van der Waals surface area contributed by atoms with Gasteiger partial charge in [-0.2, -0.15) is 13.2 Å². The lowest BCUT2D eigenvalue weighted by Gasteiger charge is -2.24. The quantitative estimate of drug-likeness (QED) is 0.320. The molecule has 3 aromatic carbocycles. The van der Waals surface area contributed by atoms with Gasteiger partial charge in [0.1, 0.15) is 17.5 Å². The molecule has 0 aromatic heterocycles. The maximum Gasteiger partial charge on any atom is 0.416 e. The van der Waals surface area contributed by atoms with Gasteiger partial charge in [-0.25, -0.2) is 14.4 Å². The maximum absolute atomic E-state index is 13.1. The van der Waals surface area contributed by atoms with Crippen molar-refractivity contribution in [3.63, 3.8) is 0 Å². The minimum absolute atomic E-state index is 0.0252. The first kappa shape index (κ1) is 31.2. The fourth-order valence-corrected chi connectivity index (χ4v) is 4.40. The van der Waals surface area contributed by atoms with Crippen molar-refractivity contribution in [2.45, 2.75) is 44.7 Å². The molecule has 43 heavy (non-hydrogen) atoms. The summed E-state index contributed by atoms with van der Waals surface area (Å²) in [6.07, 6.45) is -6.02. The monoisotopic (exact) mass is 599 g/mol. The number of hydrogen-bond donors (Lipinski definition) is 2. The normalized spacial score (nSPS) is 16.8. The average Bonchev–Trinajstić information content (AvgIpc) is 3.34. The molecule has 3 amide bonds. The van der Waals surface area contributed by atoms with Crippen molar-refractivity contribution in [1.29, 1.82) is 0 Å². The number of carbonyl (C=O) groups is 3. The highest BCUT2D eigenvalue weighted by Gasteiger charge is 2.40. The highest BCUT2D eigenvalue weighted by Crippen LogP contribution is 2.32. The van der Waals surface area contributed by atoms with Gasteiger partial charge in [-0.3, -0.25) is 0 Å². The van der Waals surface area contributed by atoms with E-state index in [1.165, 1.54) is 42.3 Å². The number of benzene rings is 3. The van der Waals surface area contributed by atoms with E-state index in [0.717, 1.165) is 12.1 Å². The Balaban J connectivity index is 1.46. The molecular weight excluding hydrogens is 567 g/mol. The van der Waals surface area contributed by atoms with E-state index >= 15 is 0 Å². The number of esters is 1. The molecule has 2 atom stereocenters. The molecule has 12 heteroatoms. The smallest absolute Gasteiger partial charge is 0.416 e. The summed E-state index contributed by atoms with van der Waals surface area (Å²) in [5, 5.41) is 5.45. The maximum atomic E-state index is 13.1. The van der Waals surface area contributed by atoms with Crippen LogP contribution in [0.3, 0.4) is 0 Å². The number of hydrogen-bond acceptors (Lipinski definition) is 6. The molecule has 3 aromatic rings. The van der Waals surface area contributed by atoms with Crippen LogP contribution < -0.4 is 15.4 Å². The van der Waals surface area contributed by atoms with Crippen LogP contribution in [0.5, 0.6) is 5.75 Å². The van der Waals surface area contributed by atoms with E-state index in [2.05, 4.69) is 10.6 Å². The molecule has 1 fully saturated rings. The number of rotatable bonds is 6. The first-order valence-corrected chi connectivity index (χ1v) is 13.4. The highest BCUT2D eigenvalue weighted by atomic mass is 19.4. The summed E-state index contributed by atoms with van der Waals surface area (Å²) in [5.41, 5.74) is -0.0801. The third-order valence-corrected chi connectivity index (χ3v) is 6.48. The zero-order valence-corrected chi connectivity index (χ0v) is 24.0. The molecule has 1 aliphatic heterocycles. The fraction of sp³-hybridized carbons (Fsp3) is 0.323. The Morgan fingerprint density at radius 3 is 2.16 bits per heavy atom. The van der Waals surface area contributed by atoms with Gasteiger partial charge >= 0.3 is 24.3 Å². The second-order valence-corrected chi connectivity index (χ2v) is 10.9. The van der Waals surface area contributed by atoms with Crippen molar-refractivity contribution in [1.82, 2.24) is 10.2 Å². The highest BCUT2D eigenvalue weighted by molar-refractivity contribution is 5.91. The zero-order valence-electron chi connectivity index (χ0n) is 24.0. The van der Waals surface area contributed by atoms with E-state index in [4.69, 9.17) is 14.2 Å². The van der Waals surface area contributed by atoms with E-state index in [1.54, 1.807) is 51.1 Å². The van der Waals surface area contributed by atoms with Gasteiger partial charge in [-0.05, 0) is 80.4 Å². The lowest BCUT2D eigenvalue weighted by molar-refractivity contribution is -0.137. The van der Waals surface area contributed by atoms with Crippen molar-refractivity contribution >= 4 is 23.8 Å². The largest absolute Gasteiger partial charge is 0.497 e. The van der Waals surface area contributed by atoms with Gasteiger partial charge in [0.05, 0.1) is 30.8 Å². The molecule has 2 N–H and O–H groups in total. The minimum atomic E-state index is -4.48. The van der Waals surface area contributed by atoms with Crippen LogP contribution in [-0.2, 0) is 15.7 Å². The van der Waals surface area contributed by atoms with Crippen LogP contribution in [-0.4, -0.2) is 60.9 Å². The molecule has 228 valence electrons. The van der Waals surface area contributed by atoms with E-state index in [1.807, 2.05) is 0 Å². The first-order valence-electron chi connectivity index (χ1n) is 13.4. The summed E-state index contributed by atoms with van der Waals surface area (Å²) in [5.74, 6) is -0.112. The number of anilines is 1. The molecule has 1 saturated heterocycles. The topological polar surface area (TPSA) is 106 Å². The number of likely N-dealkylation sites (tertiary alicyclic amines) is 1. The lowest BCUT2D eigenvalue weighted by Crippen LogP contribution is -2.46. The Kier molecular flexibility index (Phi) is 9.17. The number of amides is 3. The molecule has 0 saturated carbocycles. The second kappa shape index (κ2) is 12.6. The average molecular weight is 600 g/mol. The van der Waals surface area contributed by atoms with Crippen molar-refractivity contribution < 1.29 is 41.8 Å². The number of nitrogens with zero attached hydrogens (tertiary/aromatic N) is 1. The Morgan fingerprint density at radius 1 is 0.884 bits per heavy atom. The minimum Gasteiger partial charge on any atom is -0.497 e. The van der Waals surface area contributed by atoms with Gasteiger partial charge in [-0.1, -0.05) is 24.3 Å². The van der Waals surface area contributed by atoms with E-state index in [0.29, 0.717) is 22.6 Å². The molecular formula is C31H32F3N3O6. The number of carbonyl (C=O) groups excluding carboxylic acids is 3. The van der Waals surface area contributed by atoms with E-state index in [-0.39, 0.29) is 18.7 Å². The summed E-state index contributed by atoms with van der Waals surface area (Å²) < 4.78 is 55.7. The Hall–Kier alpha value is -4.74.